The van der Waals surface area contributed by atoms with Crippen LogP contribution in [0.15, 0.2) is 140 Å². The first-order chi connectivity index (χ1) is 24.7. The molecular weight excluding hydrogens is 859 g/mol. The van der Waals surface area contributed by atoms with Gasteiger partial charge in [-0.25, -0.2) is 8.78 Å². The fourth-order valence-corrected chi connectivity index (χ4v) is 8.41. The van der Waals surface area contributed by atoms with Gasteiger partial charge >= 0.3 is 0 Å². The van der Waals surface area contributed by atoms with Gasteiger partial charge < -0.3 is 9.97 Å². The smallest absolute Gasteiger partial charge is 0.133 e. The standard InChI is InChI=1S/C31H20F2NS.C14H16NSi.Ir/c1-19(20-7-3-2-4-8-20)21-15-16-34-27(17-21)22-13-14-23-29(18-22)35-28-12-5-9-24(30(23)28)31-25(32)10-6-11-26(31)33;1-16(2,3)13-9-10-14(15-11-13)12-7-5-4-6-8-12;/h2-12,14-19H,1H3;4-7,9-11H,1-3H3;/q2*-1;. The van der Waals surface area contributed by atoms with Crippen LogP contribution in [-0.2, 0) is 20.1 Å². The summed E-state index contributed by atoms with van der Waals surface area (Å²) in [5.74, 6) is -0.888. The van der Waals surface area contributed by atoms with E-state index in [1.165, 1.54) is 34.5 Å². The molecule has 0 spiro atoms. The molecule has 1 unspecified atom stereocenters. The molecule has 1 atom stereocenters. The fourth-order valence-electron chi connectivity index (χ4n) is 6.22. The minimum atomic E-state index is -1.23. The van der Waals surface area contributed by atoms with E-state index in [0.717, 1.165) is 42.7 Å². The van der Waals surface area contributed by atoms with Crippen molar-refractivity contribution < 1.29 is 28.9 Å². The van der Waals surface area contributed by atoms with Crippen molar-refractivity contribution in [1.82, 2.24) is 9.97 Å². The van der Waals surface area contributed by atoms with Gasteiger partial charge in [0.15, 0.2) is 0 Å². The molecule has 0 saturated carbocycles. The van der Waals surface area contributed by atoms with Gasteiger partial charge in [-0.05, 0) is 67.6 Å². The Labute approximate surface area is 322 Å². The van der Waals surface area contributed by atoms with Crippen molar-refractivity contribution in [3.05, 3.63) is 175 Å². The summed E-state index contributed by atoms with van der Waals surface area (Å²) in [6.45, 7) is 9.19. The molecule has 3 heterocycles. The van der Waals surface area contributed by atoms with E-state index in [0.29, 0.717) is 5.56 Å². The molecule has 0 N–H and O–H groups in total. The van der Waals surface area contributed by atoms with Crippen LogP contribution in [0.3, 0.4) is 0 Å². The zero-order valence-electron chi connectivity index (χ0n) is 29.2. The summed E-state index contributed by atoms with van der Waals surface area (Å²) in [7, 11) is -1.23. The van der Waals surface area contributed by atoms with Crippen LogP contribution in [0.25, 0.3) is 53.8 Å². The van der Waals surface area contributed by atoms with Crippen LogP contribution in [0.4, 0.5) is 8.78 Å². The maximum absolute atomic E-state index is 14.6. The Balaban J connectivity index is 0.000000230. The Morgan fingerprint density at radius 2 is 1.42 bits per heavy atom. The number of benzene rings is 5. The monoisotopic (exact) mass is 895 g/mol. The molecule has 8 aromatic rings. The van der Waals surface area contributed by atoms with Crippen LogP contribution in [0, 0.1) is 23.8 Å². The van der Waals surface area contributed by atoms with Crippen molar-refractivity contribution in [2.75, 3.05) is 0 Å². The Hall–Kier alpha value is -4.65. The second kappa shape index (κ2) is 15.9. The first-order valence-corrected chi connectivity index (χ1v) is 21.3. The average Bonchev–Trinajstić information content (AvgIpc) is 3.54. The quantitative estimate of drug-likeness (QED) is 0.123. The minimum absolute atomic E-state index is 0. The van der Waals surface area contributed by atoms with Gasteiger partial charge in [-0.3, -0.25) is 0 Å². The van der Waals surface area contributed by atoms with E-state index in [2.05, 4.69) is 97.2 Å². The van der Waals surface area contributed by atoms with E-state index in [1.54, 1.807) is 17.4 Å². The molecule has 0 saturated heterocycles. The molecule has 8 rings (SSSR count). The van der Waals surface area contributed by atoms with Crippen LogP contribution in [0.5, 0.6) is 0 Å². The van der Waals surface area contributed by atoms with Crippen molar-refractivity contribution in [2.45, 2.75) is 32.5 Å². The summed E-state index contributed by atoms with van der Waals surface area (Å²) in [6, 6.07) is 47.0. The molecule has 5 aromatic carbocycles. The normalized spacial score (nSPS) is 11.8. The van der Waals surface area contributed by atoms with E-state index < -0.39 is 19.7 Å². The van der Waals surface area contributed by atoms with Crippen LogP contribution >= 0.6 is 11.3 Å². The molecular formula is C45H36F2IrN2SSi-2. The number of rotatable bonds is 6. The number of nitrogens with zero attached hydrogens (tertiary/aromatic N) is 2. The van der Waals surface area contributed by atoms with Crippen molar-refractivity contribution >= 4 is 44.8 Å². The van der Waals surface area contributed by atoms with Crippen molar-refractivity contribution in [3.63, 3.8) is 0 Å². The predicted molar refractivity (Wildman–Crippen MR) is 212 cm³/mol. The molecule has 0 bridgehead atoms. The van der Waals surface area contributed by atoms with Gasteiger partial charge in [-0.2, -0.15) is 11.3 Å². The summed E-state index contributed by atoms with van der Waals surface area (Å²) in [4.78, 5) is 9.13. The van der Waals surface area contributed by atoms with E-state index >= 15 is 0 Å². The summed E-state index contributed by atoms with van der Waals surface area (Å²) >= 11 is 1.61. The third-order valence-corrected chi connectivity index (χ3v) is 12.3. The first-order valence-electron chi connectivity index (χ1n) is 16.9. The van der Waals surface area contributed by atoms with E-state index in [4.69, 9.17) is 0 Å². The maximum atomic E-state index is 14.6. The second-order valence-electron chi connectivity index (χ2n) is 13.6. The molecule has 0 fully saturated rings. The molecule has 0 aliphatic rings. The zero-order chi connectivity index (χ0) is 35.5. The van der Waals surface area contributed by atoms with Crippen LogP contribution in [-0.4, -0.2) is 18.0 Å². The number of hydrogen-bond donors (Lipinski definition) is 0. The molecule has 0 aliphatic heterocycles. The van der Waals surface area contributed by atoms with Gasteiger partial charge in [-0.15, -0.1) is 59.7 Å². The Morgan fingerprint density at radius 3 is 2.12 bits per heavy atom. The number of thiophene rings is 1. The van der Waals surface area contributed by atoms with E-state index in [9.17, 15) is 8.78 Å². The molecule has 2 nitrogen and oxygen atoms in total. The maximum Gasteiger partial charge on any atom is 0.133 e. The number of aromatic nitrogens is 2. The number of fused-ring (bicyclic) bond motifs is 3. The summed E-state index contributed by atoms with van der Waals surface area (Å²) < 4.78 is 31.3. The predicted octanol–water partition coefficient (Wildman–Crippen LogP) is 12.1. The molecule has 0 aliphatic carbocycles. The summed E-state index contributed by atoms with van der Waals surface area (Å²) in [6.07, 6.45) is 3.86. The number of halogens is 2. The minimum Gasteiger partial charge on any atom is -0.305 e. The topological polar surface area (TPSA) is 25.8 Å². The van der Waals surface area contributed by atoms with E-state index in [1.807, 2.05) is 67.0 Å². The molecule has 0 amide bonds. The molecule has 52 heavy (non-hydrogen) atoms. The zero-order valence-corrected chi connectivity index (χ0v) is 33.5. The van der Waals surface area contributed by atoms with E-state index in [-0.39, 0.29) is 31.6 Å². The third-order valence-electron chi connectivity index (χ3n) is 9.13. The fraction of sp³-hybridized carbons (Fsp3) is 0.111. The molecule has 1 radical (unpaired) electrons. The van der Waals surface area contributed by atoms with Crippen molar-refractivity contribution in [3.8, 4) is 33.6 Å². The summed E-state index contributed by atoms with van der Waals surface area (Å²) in [5.41, 5.74) is 6.81. The second-order valence-corrected chi connectivity index (χ2v) is 19.7. The SMILES string of the molecule is CC(c1ccccc1)c1ccnc(-c2[c-]cc3c(c2)sc2cccc(-c4c(F)cccc4F)c23)c1.C[Si](C)(C)c1ccc(-c2[c-]cccc2)nc1.[Ir]. The number of hydrogen-bond acceptors (Lipinski definition) is 3. The molecule has 3 aromatic heterocycles. The van der Waals surface area contributed by atoms with Gasteiger partial charge in [0.25, 0.3) is 0 Å². The van der Waals surface area contributed by atoms with Crippen molar-refractivity contribution in [1.29, 1.82) is 0 Å². The first kappa shape index (κ1) is 37.1. The third kappa shape index (κ3) is 7.89. The Morgan fingerprint density at radius 1 is 0.673 bits per heavy atom. The Kier molecular flexibility index (Phi) is 11.4. The van der Waals surface area contributed by atoms with Crippen LogP contribution < -0.4 is 5.19 Å². The largest absolute Gasteiger partial charge is 0.305 e. The summed E-state index contributed by atoms with van der Waals surface area (Å²) in [5, 5.41) is 3.17. The van der Waals surface area contributed by atoms with Gasteiger partial charge in [0.2, 0.25) is 0 Å². The average molecular weight is 895 g/mol. The van der Waals surface area contributed by atoms with Crippen LogP contribution in [0.2, 0.25) is 19.6 Å². The van der Waals surface area contributed by atoms with Gasteiger partial charge in [0.1, 0.15) is 11.6 Å². The van der Waals surface area contributed by atoms with Gasteiger partial charge in [0, 0.05) is 43.1 Å². The van der Waals surface area contributed by atoms with Crippen molar-refractivity contribution in [2.24, 2.45) is 0 Å². The van der Waals surface area contributed by atoms with Gasteiger partial charge in [-0.1, -0.05) is 98.7 Å². The molecule has 261 valence electrons. The van der Waals surface area contributed by atoms with Gasteiger partial charge in [0.05, 0.1) is 13.6 Å². The molecule has 7 heteroatoms. The van der Waals surface area contributed by atoms with Crippen LogP contribution in [0.1, 0.15) is 24.0 Å². The Bertz CT molecular complexity index is 2420. The number of pyridine rings is 2.